The molecule has 166 valence electrons. The smallest absolute Gasteiger partial charge is 0.341 e. The first-order valence-corrected chi connectivity index (χ1v) is 11.5. The lowest BCUT2D eigenvalue weighted by atomic mass is 10.2. The van der Waals surface area contributed by atoms with Crippen LogP contribution in [-0.2, 0) is 32.5 Å². The third-order valence-corrected chi connectivity index (χ3v) is 6.27. The summed E-state index contributed by atoms with van der Waals surface area (Å²) < 4.78 is 60.1. The van der Waals surface area contributed by atoms with E-state index < -0.39 is 39.6 Å². The van der Waals surface area contributed by atoms with Gasteiger partial charge in [-0.2, -0.15) is 8.42 Å². The van der Waals surface area contributed by atoms with Crippen molar-refractivity contribution >= 4 is 43.8 Å². The van der Waals surface area contributed by atoms with Crippen molar-refractivity contribution in [1.82, 2.24) is 4.57 Å². The van der Waals surface area contributed by atoms with Crippen molar-refractivity contribution in [2.24, 2.45) is 0 Å². The van der Waals surface area contributed by atoms with Crippen LogP contribution >= 0.6 is 0 Å². The average Bonchev–Trinajstić information content (AvgIpc) is 2.99. The first-order valence-electron chi connectivity index (χ1n) is 8.86. The van der Waals surface area contributed by atoms with Crippen LogP contribution in [-0.4, -0.2) is 45.8 Å². The lowest BCUT2D eigenvalue weighted by Gasteiger charge is -2.12. The van der Waals surface area contributed by atoms with E-state index in [9.17, 15) is 27.1 Å². The summed E-state index contributed by atoms with van der Waals surface area (Å²) in [5.74, 6) is -1.08. The van der Waals surface area contributed by atoms with Gasteiger partial charge in [0.05, 0.1) is 18.5 Å². The molecule has 0 aliphatic rings. The second-order valence-electron chi connectivity index (χ2n) is 6.43. The molecule has 0 aliphatic heterocycles. The molecule has 31 heavy (non-hydrogen) atoms. The Morgan fingerprint density at radius 2 is 1.84 bits per heavy atom. The summed E-state index contributed by atoms with van der Waals surface area (Å²) in [5.41, 5.74) is 0.660. The maximum atomic E-state index is 13.2. The van der Waals surface area contributed by atoms with Gasteiger partial charge >= 0.3 is 16.1 Å². The Hall–Kier alpha value is -3.09. The number of hydrogen-bond acceptors (Lipinski definition) is 8. The molecule has 0 amide bonds. The molecule has 1 aromatic heterocycles. The van der Waals surface area contributed by atoms with Crippen molar-refractivity contribution in [3.05, 3.63) is 48.2 Å². The van der Waals surface area contributed by atoms with Crippen molar-refractivity contribution in [3.8, 4) is 11.5 Å². The number of nitrogens with one attached hydrogen (secondary N) is 1. The minimum absolute atomic E-state index is 0.0328. The van der Waals surface area contributed by atoms with Crippen LogP contribution < -0.4 is 14.2 Å². The van der Waals surface area contributed by atoms with E-state index in [1.54, 1.807) is 12.1 Å². The molecule has 0 fully saturated rings. The van der Waals surface area contributed by atoms with Gasteiger partial charge in [-0.15, -0.1) is 0 Å². The van der Waals surface area contributed by atoms with Crippen LogP contribution in [0.2, 0.25) is 0 Å². The van der Waals surface area contributed by atoms with Crippen LogP contribution in [0.1, 0.15) is 5.69 Å². The van der Waals surface area contributed by atoms with E-state index in [-0.39, 0.29) is 27.4 Å². The number of carboxylic acid groups (broad SMARTS) is 1. The summed E-state index contributed by atoms with van der Waals surface area (Å²) in [6.07, 6.45) is 0. The molecule has 2 aromatic carbocycles. The number of aromatic nitrogens is 1. The van der Waals surface area contributed by atoms with Crippen molar-refractivity contribution in [2.45, 2.75) is 18.4 Å². The topological polar surface area (TPSA) is 147 Å². The van der Waals surface area contributed by atoms with Gasteiger partial charge < -0.3 is 28.5 Å². The number of carbonyl (C=O) groups is 1. The number of nitrogens with zero attached hydrogens (tertiary/aromatic N) is 1. The second-order valence-corrected chi connectivity index (χ2v) is 8.81. The molecule has 1 atom stereocenters. The summed E-state index contributed by atoms with van der Waals surface area (Å²) in [5, 5.41) is 12.1. The van der Waals surface area contributed by atoms with Gasteiger partial charge in [-0.25, -0.2) is 0 Å². The highest BCUT2D eigenvalue weighted by Crippen LogP contribution is 2.36. The molecule has 0 radical (unpaired) electrons. The Balaban J connectivity index is 2.19. The van der Waals surface area contributed by atoms with Gasteiger partial charge in [-0.1, -0.05) is 6.07 Å². The fourth-order valence-corrected chi connectivity index (χ4v) is 4.87. The van der Waals surface area contributed by atoms with Crippen molar-refractivity contribution in [3.63, 3.8) is 0 Å². The Bertz CT molecular complexity index is 1250. The fraction of sp³-hybridized carbons (Fsp3) is 0.211. The van der Waals surface area contributed by atoms with Crippen LogP contribution in [0.4, 0.5) is 5.69 Å². The predicted molar refractivity (Wildman–Crippen MR) is 113 cm³/mol. The zero-order valence-corrected chi connectivity index (χ0v) is 18.2. The Morgan fingerprint density at radius 3 is 2.42 bits per heavy atom. The molecule has 3 aromatic rings. The zero-order valence-electron chi connectivity index (χ0n) is 16.5. The van der Waals surface area contributed by atoms with E-state index in [4.69, 9.17) is 8.92 Å². The number of ether oxygens (including phenoxy) is 1. The first-order chi connectivity index (χ1) is 14.6. The summed E-state index contributed by atoms with van der Waals surface area (Å²) in [6.45, 7) is 0.972. The molecular formula is C19H19N2O8S2-. The number of carboxylic acids is 1. The lowest BCUT2D eigenvalue weighted by Crippen LogP contribution is -2.14. The highest BCUT2D eigenvalue weighted by molar-refractivity contribution is 7.87. The molecule has 10 nitrogen and oxygen atoms in total. The standard InChI is InChI=1S/C19H20N2O8S2/c1-12-19(31(26,27)29-14-8-6-13(28-2)7-9-14)18-15(20-11-30(24)25)4-3-5-16(18)21(12)10-17(22)23/h3-9,20H,10-11H2,1-2H3,(H,22,23)(H,24,25)/p-1. The van der Waals surface area contributed by atoms with Gasteiger partial charge in [0.15, 0.2) is 0 Å². The first kappa shape index (κ1) is 22.6. The van der Waals surface area contributed by atoms with Crippen LogP contribution in [0.25, 0.3) is 10.9 Å². The summed E-state index contributed by atoms with van der Waals surface area (Å²) in [4.78, 5) is 11.1. The third-order valence-electron chi connectivity index (χ3n) is 4.48. The zero-order chi connectivity index (χ0) is 22.8. The Labute approximate surface area is 180 Å². The normalized spacial score (nSPS) is 12.5. The molecule has 1 heterocycles. The van der Waals surface area contributed by atoms with Crippen molar-refractivity contribution in [1.29, 1.82) is 0 Å². The molecule has 2 N–H and O–H groups in total. The van der Waals surface area contributed by atoms with Gasteiger partial charge in [0.1, 0.15) is 22.9 Å². The van der Waals surface area contributed by atoms with E-state index in [1.807, 2.05) is 0 Å². The van der Waals surface area contributed by atoms with Crippen LogP contribution in [0, 0.1) is 6.92 Å². The average molecular weight is 468 g/mol. The maximum Gasteiger partial charge on any atom is 0.341 e. The predicted octanol–water partition coefficient (Wildman–Crippen LogP) is 2.06. The quantitative estimate of drug-likeness (QED) is 0.356. The van der Waals surface area contributed by atoms with Gasteiger partial charge in [-0.3, -0.25) is 9.00 Å². The number of rotatable bonds is 9. The SMILES string of the molecule is COc1ccc(OS(=O)(=O)c2c(C)n(CC(=O)O)c3cccc(NCS(=O)[O-])c23)cc1. The van der Waals surface area contributed by atoms with Crippen molar-refractivity contribution in [2.75, 3.05) is 18.3 Å². The molecule has 0 aliphatic carbocycles. The molecular weight excluding hydrogens is 448 g/mol. The maximum absolute atomic E-state index is 13.2. The molecule has 1 unspecified atom stereocenters. The summed E-state index contributed by atoms with van der Waals surface area (Å²) in [6, 6.07) is 10.5. The lowest BCUT2D eigenvalue weighted by molar-refractivity contribution is -0.137. The van der Waals surface area contributed by atoms with Crippen LogP contribution in [0.5, 0.6) is 11.5 Å². The number of anilines is 1. The van der Waals surface area contributed by atoms with Gasteiger partial charge in [0.2, 0.25) is 0 Å². The fourth-order valence-electron chi connectivity index (χ4n) is 3.22. The molecule has 12 heteroatoms. The minimum atomic E-state index is -4.41. The Kier molecular flexibility index (Phi) is 6.53. The van der Waals surface area contributed by atoms with Crippen LogP contribution in [0.3, 0.4) is 0 Å². The highest BCUT2D eigenvalue weighted by Gasteiger charge is 2.29. The van der Waals surface area contributed by atoms with E-state index >= 15 is 0 Å². The molecule has 0 saturated carbocycles. The number of benzene rings is 2. The third kappa shape index (κ3) is 4.81. The summed E-state index contributed by atoms with van der Waals surface area (Å²) >= 11 is -2.43. The molecule has 0 bridgehead atoms. The van der Waals surface area contributed by atoms with E-state index in [0.717, 1.165) is 0 Å². The number of aliphatic carboxylic acids is 1. The second kappa shape index (κ2) is 8.96. The largest absolute Gasteiger partial charge is 0.771 e. The van der Waals surface area contributed by atoms with Gasteiger partial charge in [-0.05, 0) is 54.4 Å². The van der Waals surface area contributed by atoms with Crippen LogP contribution in [0.15, 0.2) is 47.4 Å². The highest BCUT2D eigenvalue weighted by atomic mass is 32.2. The van der Waals surface area contributed by atoms with E-state index in [1.165, 1.54) is 48.9 Å². The number of hydrogen-bond donors (Lipinski definition) is 2. The minimum Gasteiger partial charge on any atom is -0.771 e. The van der Waals surface area contributed by atoms with Gasteiger partial charge in [0, 0.05) is 16.8 Å². The number of methoxy groups -OCH3 is 1. The van der Waals surface area contributed by atoms with Crippen molar-refractivity contribution < 1.29 is 36.0 Å². The van der Waals surface area contributed by atoms with E-state index in [0.29, 0.717) is 11.3 Å². The Morgan fingerprint density at radius 1 is 1.19 bits per heavy atom. The molecule has 0 spiro atoms. The monoisotopic (exact) mass is 467 g/mol. The number of fused-ring (bicyclic) bond motifs is 1. The van der Waals surface area contributed by atoms with E-state index in [2.05, 4.69) is 5.32 Å². The molecule has 0 saturated heterocycles. The summed E-state index contributed by atoms with van der Waals surface area (Å²) in [7, 11) is -2.95. The molecule has 3 rings (SSSR count). The van der Waals surface area contributed by atoms with Gasteiger partial charge in [0.25, 0.3) is 0 Å².